The summed E-state index contributed by atoms with van der Waals surface area (Å²) < 4.78 is 40.9. The molecule has 1 aromatic carbocycles. The molecule has 0 aromatic heterocycles. The number of nitrogens with two attached hydrogens (primary N) is 1. The molecule has 5 nitrogen and oxygen atoms in total. The van der Waals surface area contributed by atoms with Gasteiger partial charge in [-0.1, -0.05) is 33.3 Å². The molecule has 0 spiro atoms. The fourth-order valence-electron chi connectivity index (χ4n) is 2.62. The monoisotopic (exact) mass is 345 g/mol. The molecule has 2 N–H and O–H groups in total. The van der Waals surface area contributed by atoms with E-state index in [0.29, 0.717) is 11.1 Å². The Kier molecular flexibility index (Phi) is 6.70. The van der Waals surface area contributed by atoms with Crippen LogP contribution in [0.3, 0.4) is 0 Å². The van der Waals surface area contributed by atoms with Gasteiger partial charge in [-0.15, -0.1) is 0 Å². The molecule has 0 heterocycles. The van der Waals surface area contributed by atoms with Gasteiger partial charge >= 0.3 is 0 Å². The summed E-state index contributed by atoms with van der Waals surface area (Å²) in [6.45, 7) is 5.92. The number of primary amides is 1. The summed E-state index contributed by atoms with van der Waals surface area (Å²) in [7, 11) is -3.67. The second-order valence-electron chi connectivity index (χ2n) is 5.80. The lowest BCUT2D eigenvalue weighted by Crippen LogP contribution is -2.25. The van der Waals surface area contributed by atoms with E-state index in [9.17, 15) is 17.6 Å². The van der Waals surface area contributed by atoms with Crippen LogP contribution in [0, 0.1) is 11.7 Å². The number of rotatable bonds is 4. The third-order valence-corrected chi connectivity index (χ3v) is 4.19. The minimum absolute atomic E-state index is 0.269. The van der Waals surface area contributed by atoms with Gasteiger partial charge in [-0.2, -0.15) is 8.42 Å². The van der Waals surface area contributed by atoms with Gasteiger partial charge in [-0.3, -0.25) is 8.98 Å². The molecule has 1 aliphatic rings. The normalized spacial score (nSPS) is 21.1. The van der Waals surface area contributed by atoms with Crippen molar-refractivity contribution >= 4 is 16.0 Å². The maximum Gasteiger partial charge on any atom is 0.264 e. The van der Waals surface area contributed by atoms with Gasteiger partial charge in [0, 0.05) is 5.92 Å². The second kappa shape index (κ2) is 7.88. The van der Waals surface area contributed by atoms with E-state index in [1.165, 1.54) is 18.6 Å². The van der Waals surface area contributed by atoms with E-state index in [1.54, 1.807) is 13.0 Å². The molecule has 130 valence electrons. The molecular formula is C16H24FNO4S. The Hall–Kier alpha value is -1.47. The van der Waals surface area contributed by atoms with Crippen LogP contribution in [0.1, 0.15) is 56.8 Å². The third-order valence-electron chi connectivity index (χ3n) is 3.61. The zero-order chi connectivity index (χ0) is 17.8. The zero-order valence-electron chi connectivity index (χ0n) is 13.9. The van der Waals surface area contributed by atoms with Crippen molar-refractivity contribution in [1.82, 2.24) is 0 Å². The van der Waals surface area contributed by atoms with Crippen LogP contribution in [0.25, 0.3) is 0 Å². The Bertz CT molecular complexity index is 660. The van der Waals surface area contributed by atoms with Crippen molar-refractivity contribution in [3.8, 4) is 0 Å². The number of halogens is 1. The molecule has 3 atom stereocenters. The largest absolute Gasteiger partial charge is 0.369 e. The topological polar surface area (TPSA) is 86.5 Å². The van der Waals surface area contributed by atoms with Crippen molar-refractivity contribution in [2.24, 2.45) is 11.7 Å². The molecule has 7 heteroatoms. The van der Waals surface area contributed by atoms with Crippen LogP contribution in [0.15, 0.2) is 18.2 Å². The standard InChI is InChI=1S/C13H16FNO4S.C3H8/c1-7(13(15)16)10-6-12(19-20(2,17)18)11-5-8(14)3-4-9(10)11;1-3-2/h3-5,7,10,12H,6H2,1-2H3,(H2,15,16);3H2,1-2H3. The molecule has 0 saturated carbocycles. The molecular weight excluding hydrogens is 321 g/mol. The van der Waals surface area contributed by atoms with Crippen molar-refractivity contribution in [2.75, 3.05) is 6.26 Å². The zero-order valence-corrected chi connectivity index (χ0v) is 14.7. The van der Waals surface area contributed by atoms with E-state index in [-0.39, 0.29) is 12.3 Å². The van der Waals surface area contributed by atoms with Crippen molar-refractivity contribution in [2.45, 2.75) is 45.6 Å². The van der Waals surface area contributed by atoms with Gasteiger partial charge in [-0.25, -0.2) is 4.39 Å². The maximum atomic E-state index is 13.4. The Morgan fingerprint density at radius 1 is 1.39 bits per heavy atom. The van der Waals surface area contributed by atoms with Crippen molar-refractivity contribution in [1.29, 1.82) is 0 Å². The fraction of sp³-hybridized carbons (Fsp3) is 0.562. The van der Waals surface area contributed by atoms with E-state index in [4.69, 9.17) is 9.92 Å². The lowest BCUT2D eigenvalue weighted by molar-refractivity contribution is -0.122. The van der Waals surface area contributed by atoms with Crippen molar-refractivity contribution in [3.05, 3.63) is 35.1 Å². The van der Waals surface area contributed by atoms with Crippen LogP contribution in [-0.2, 0) is 19.1 Å². The fourth-order valence-corrected chi connectivity index (χ4v) is 3.22. The van der Waals surface area contributed by atoms with Crippen LogP contribution in [0.4, 0.5) is 4.39 Å². The Morgan fingerprint density at radius 2 is 1.96 bits per heavy atom. The van der Waals surface area contributed by atoms with Gasteiger partial charge in [0.25, 0.3) is 10.1 Å². The predicted octanol–water partition coefficient (Wildman–Crippen LogP) is 2.87. The summed E-state index contributed by atoms with van der Waals surface area (Å²) >= 11 is 0. The first kappa shape index (κ1) is 19.6. The first-order chi connectivity index (χ1) is 10.6. The van der Waals surface area contributed by atoms with Crippen LogP contribution in [-0.4, -0.2) is 20.6 Å². The SMILES string of the molecule is CC(C(N)=O)C1CC(OS(C)(=O)=O)c2cc(F)ccc21.CCC. The summed E-state index contributed by atoms with van der Waals surface area (Å²) in [6, 6.07) is 4.08. The molecule has 23 heavy (non-hydrogen) atoms. The van der Waals surface area contributed by atoms with Gasteiger partial charge in [-0.05, 0) is 35.6 Å². The highest BCUT2D eigenvalue weighted by atomic mass is 32.2. The maximum absolute atomic E-state index is 13.4. The molecule has 0 saturated heterocycles. The highest BCUT2D eigenvalue weighted by Gasteiger charge is 2.38. The summed E-state index contributed by atoms with van der Waals surface area (Å²) in [4.78, 5) is 11.3. The van der Waals surface area contributed by atoms with Crippen LogP contribution in [0.5, 0.6) is 0 Å². The van der Waals surface area contributed by atoms with E-state index < -0.39 is 33.9 Å². The second-order valence-corrected chi connectivity index (χ2v) is 7.40. The van der Waals surface area contributed by atoms with Gasteiger partial charge in [0.1, 0.15) is 11.9 Å². The Balaban J connectivity index is 0.000000816. The summed E-state index contributed by atoms with van der Waals surface area (Å²) in [5.41, 5.74) is 6.48. The summed E-state index contributed by atoms with van der Waals surface area (Å²) in [6.07, 6.45) is 1.70. The molecule has 0 radical (unpaired) electrons. The number of fused-ring (bicyclic) bond motifs is 1. The first-order valence-electron chi connectivity index (χ1n) is 7.57. The Morgan fingerprint density at radius 3 is 2.43 bits per heavy atom. The Labute approximate surface area is 137 Å². The first-order valence-corrected chi connectivity index (χ1v) is 9.39. The lowest BCUT2D eigenvalue weighted by atomic mass is 9.88. The van der Waals surface area contributed by atoms with Gasteiger partial charge in [0.15, 0.2) is 0 Å². The lowest BCUT2D eigenvalue weighted by Gasteiger charge is -2.17. The third kappa shape index (κ3) is 5.28. The van der Waals surface area contributed by atoms with Crippen molar-refractivity contribution < 1.29 is 21.8 Å². The number of hydrogen-bond acceptors (Lipinski definition) is 4. The van der Waals surface area contributed by atoms with Crippen LogP contribution in [0.2, 0.25) is 0 Å². The van der Waals surface area contributed by atoms with E-state index in [1.807, 2.05) is 0 Å². The van der Waals surface area contributed by atoms with Crippen LogP contribution < -0.4 is 5.73 Å². The number of benzene rings is 1. The molecule has 2 rings (SSSR count). The quantitative estimate of drug-likeness (QED) is 0.850. The summed E-state index contributed by atoms with van der Waals surface area (Å²) in [5.74, 6) is -1.70. The number of amides is 1. The van der Waals surface area contributed by atoms with E-state index in [2.05, 4.69) is 13.8 Å². The summed E-state index contributed by atoms with van der Waals surface area (Å²) in [5, 5.41) is 0. The highest BCUT2D eigenvalue weighted by molar-refractivity contribution is 7.86. The average Bonchev–Trinajstić information content (AvgIpc) is 2.75. The number of carbonyl (C=O) groups is 1. The number of hydrogen-bond donors (Lipinski definition) is 1. The predicted molar refractivity (Wildman–Crippen MR) is 86.8 cm³/mol. The minimum atomic E-state index is -3.67. The molecule has 1 aromatic rings. The minimum Gasteiger partial charge on any atom is -0.369 e. The average molecular weight is 345 g/mol. The van der Waals surface area contributed by atoms with Gasteiger partial charge in [0.2, 0.25) is 5.91 Å². The molecule has 0 bridgehead atoms. The van der Waals surface area contributed by atoms with Crippen molar-refractivity contribution in [3.63, 3.8) is 0 Å². The van der Waals surface area contributed by atoms with Gasteiger partial charge in [0.05, 0.1) is 6.26 Å². The molecule has 0 fully saturated rings. The van der Waals surface area contributed by atoms with Gasteiger partial charge < -0.3 is 5.73 Å². The van der Waals surface area contributed by atoms with E-state index in [0.717, 1.165) is 6.26 Å². The molecule has 1 amide bonds. The highest BCUT2D eigenvalue weighted by Crippen LogP contribution is 2.46. The molecule has 1 aliphatic carbocycles. The van der Waals surface area contributed by atoms with E-state index >= 15 is 0 Å². The van der Waals surface area contributed by atoms with Crippen LogP contribution >= 0.6 is 0 Å². The number of carbonyl (C=O) groups excluding carboxylic acids is 1. The molecule has 3 unspecified atom stereocenters. The molecule has 0 aliphatic heterocycles. The smallest absolute Gasteiger partial charge is 0.264 e.